The van der Waals surface area contributed by atoms with E-state index in [1.54, 1.807) is 31.2 Å². The Morgan fingerprint density at radius 3 is 2.34 bits per heavy atom. The minimum Gasteiger partial charge on any atom is -0.481 e. The van der Waals surface area contributed by atoms with E-state index in [-0.39, 0.29) is 5.91 Å². The van der Waals surface area contributed by atoms with E-state index in [1.165, 1.54) is 0 Å². The highest BCUT2D eigenvalue weighted by Crippen LogP contribution is 2.18. The van der Waals surface area contributed by atoms with E-state index in [9.17, 15) is 9.59 Å². The molecule has 2 aromatic rings. The van der Waals surface area contributed by atoms with Crippen LogP contribution in [0.25, 0.3) is 0 Å². The van der Waals surface area contributed by atoms with E-state index < -0.39 is 12.0 Å². The van der Waals surface area contributed by atoms with Crippen LogP contribution in [0.2, 0.25) is 0 Å². The van der Waals surface area contributed by atoms with Gasteiger partial charge in [0, 0.05) is 22.6 Å². The van der Waals surface area contributed by atoms with Crippen LogP contribution >= 0.6 is 15.9 Å². The van der Waals surface area contributed by atoms with E-state index in [0.717, 1.165) is 23.1 Å². The molecule has 0 aliphatic rings. The maximum absolute atomic E-state index is 12.3. The number of amides is 2. The first-order chi connectivity index (χ1) is 13.8. The van der Waals surface area contributed by atoms with Crippen LogP contribution in [0, 0.1) is 0 Å². The van der Waals surface area contributed by atoms with Crippen molar-refractivity contribution in [3.63, 3.8) is 0 Å². The standard InChI is InChI=1S/C22H28BrN3O3/c1-5-26(15(2)3)14-17-9-11-18(12-10-17)22(28)25-24-21(27)16(4)29-20-8-6-7-19(23)13-20/h6-13,15-16H,5,14H2,1-4H3,(H,24,27)(H,25,28). The smallest absolute Gasteiger partial charge is 0.279 e. The van der Waals surface area contributed by atoms with Crippen LogP contribution in [-0.2, 0) is 11.3 Å². The van der Waals surface area contributed by atoms with Gasteiger partial charge in [-0.3, -0.25) is 25.3 Å². The van der Waals surface area contributed by atoms with Crippen molar-refractivity contribution < 1.29 is 14.3 Å². The van der Waals surface area contributed by atoms with Gasteiger partial charge in [0.25, 0.3) is 11.8 Å². The number of hydrogen-bond acceptors (Lipinski definition) is 4. The highest BCUT2D eigenvalue weighted by molar-refractivity contribution is 9.10. The Morgan fingerprint density at radius 2 is 1.76 bits per heavy atom. The summed E-state index contributed by atoms with van der Waals surface area (Å²) >= 11 is 3.35. The van der Waals surface area contributed by atoms with Crippen molar-refractivity contribution in [3.05, 3.63) is 64.1 Å². The van der Waals surface area contributed by atoms with Gasteiger partial charge in [0.1, 0.15) is 5.75 Å². The fraction of sp³-hybridized carbons (Fsp3) is 0.364. The quantitative estimate of drug-likeness (QED) is 0.584. The Morgan fingerprint density at radius 1 is 1.07 bits per heavy atom. The Labute approximate surface area is 180 Å². The van der Waals surface area contributed by atoms with Crippen LogP contribution in [0.1, 0.15) is 43.6 Å². The number of carbonyl (C=O) groups excluding carboxylic acids is 2. The Hall–Kier alpha value is -2.38. The topological polar surface area (TPSA) is 70.7 Å². The molecule has 2 amide bonds. The summed E-state index contributed by atoms with van der Waals surface area (Å²) in [6.45, 7) is 9.87. The number of carbonyl (C=O) groups is 2. The molecule has 0 spiro atoms. The van der Waals surface area contributed by atoms with Gasteiger partial charge in [-0.15, -0.1) is 0 Å². The van der Waals surface area contributed by atoms with E-state index in [2.05, 4.69) is 52.5 Å². The van der Waals surface area contributed by atoms with Crippen LogP contribution in [0.5, 0.6) is 5.75 Å². The third-order valence-corrected chi connectivity index (χ3v) is 5.01. The number of nitrogens with one attached hydrogen (secondary N) is 2. The number of ether oxygens (including phenoxy) is 1. The average Bonchev–Trinajstić information content (AvgIpc) is 2.70. The molecule has 7 heteroatoms. The van der Waals surface area contributed by atoms with Gasteiger partial charge in [-0.2, -0.15) is 0 Å². The average molecular weight is 462 g/mol. The molecule has 1 atom stereocenters. The van der Waals surface area contributed by atoms with Gasteiger partial charge < -0.3 is 4.74 Å². The second-order valence-corrected chi connectivity index (χ2v) is 7.93. The molecule has 6 nitrogen and oxygen atoms in total. The van der Waals surface area contributed by atoms with Crippen LogP contribution in [0.15, 0.2) is 53.0 Å². The first-order valence-electron chi connectivity index (χ1n) is 9.65. The molecular weight excluding hydrogens is 434 g/mol. The lowest BCUT2D eigenvalue weighted by Crippen LogP contribution is -2.47. The summed E-state index contributed by atoms with van der Waals surface area (Å²) in [7, 11) is 0. The molecule has 0 radical (unpaired) electrons. The number of hydrogen-bond donors (Lipinski definition) is 2. The van der Waals surface area contributed by atoms with Crippen molar-refractivity contribution in [2.75, 3.05) is 6.54 Å². The largest absolute Gasteiger partial charge is 0.481 e. The van der Waals surface area contributed by atoms with Crippen LogP contribution < -0.4 is 15.6 Å². The minimum atomic E-state index is -0.761. The Balaban J connectivity index is 1.85. The first-order valence-corrected chi connectivity index (χ1v) is 10.4. The molecule has 1 unspecified atom stereocenters. The number of hydrazine groups is 1. The second kappa shape index (κ2) is 11.0. The predicted molar refractivity (Wildman–Crippen MR) is 118 cm³/mol. The van der Waals surface area contributed by atoms with E-state index >= 15 is 0 Å². The summed E-state index contributed by atoms with van der Waals surface area (Å²) in [5.41, 5.74) is 6.44. The zero-order chi connectivity index (χ0) is 21.4. The minimum absolute atomic E-state index is 0.379. The van der Waals surface area contributed by atoms with Gasteiger partial charge in [-0.1, -0.05) is 41.1 Å². The second-order valence-electron chi connectivity index (χ2n) is 7.01. The first kappa shape index (κ1) is 22.9. The van der Waals surface area contributed by atoms with Gasteiger partial charge in [0.2, 0.25) is 0 Å². The number of nitrogens with zero attached hydrogens (tertiary/aromatic N) is 1. The van der Waals surface area contributed by atoms with Crippen molar-refractivity contribution in [2.45, 2.75) is 46.4 Å². The summed E-state index contributed by atoms with van der Waals surface area (Å²) < 4.78 is 6.44. The molecule has 0 aromatic heterocycles. The lowest BCUT2D eigenvalue weighted by Gasteiger charge is -2.24. The molecule has 0 aliphatic heterocycles. The van der Waals surface area contributed by atoms with E-state index in [1.807, 2.05) is 24.3 Å². The summed E-state index contributed by atoms with van der Waals surface area (Å²) in [4.78, 5) is 26.8. The zero-order valence-corrected chi connectivity index (χ0v) is 18.8. The summed E-state index contributed by atoms with van der Waals surface area (Å²) in [5.74, 6) is -0.257. The van der Waals surface area contributed by atoms with Crippen molar-refractivity contribution in [1.29, 1.82) is 0 Å². The Kier molecular flexibility index (Phi) is 8.67. The molecule has 0 saturated carbocycles. The van der Waals surface area contributed by atoms with Crippen molar-refractivity contribution in [2.24, 2.45) is 0 Å². The van der Waals surface area contributed by atoms with Crippen LogP contribution in [-0.4, -0.2) is 35.4 Å². The van der Waals surface area contributed by atoms with Gasteiger partial charge in [0.15, 0.2) is 6.10 Å². The molecule has 0 aliphatic carbocycles. The molecule has 2 rings (SSSR count). The number of halogens is 1. The van der Waals surface area contributed by atoms with E-state index in [0.29, 0.717) is 17.4 Å². The lowest BCUT2D eigenvalue weighted by atomic mass is 10.1. The van der Waals surface area contributed by atoms with Crippen molar-refractivity contribution in [3.8, 4) is 5.75 Å². The van der Waals surface area contributed by atoms with Crippen molar-refractivity contribution >= 4 is 27.7 Å². The van der Waals surface area contributed by atoms with Crippen LogP contribution in [0.4, 0.5) is 0 Å². The zero-order valence-electron chi connectivity index (χ0n) is 17.2. The van der Waals surface area contributed by atoms with E-state index in [4.69, 9.17) is 4.74 Å². The molecule has 0 bridgehead atoms. The summed E-state index contributed by atoms with van der Waals surface area (Å²) in [6.07, 6.45) is -0.761. The highest BCUT2D eigenvalue weighted by atomic mass is 79.9. The van der Waals surface area contributed by atoms with Gasteiger partial charge in [-0.05, 0) is 63.2 Å². The molecule has 2 aromatic carbocycles. The Bertz CT molecular complexity index is 824. The third kappa shape index (κ3) is 7.18. The van der Waals surface area contributed by atoms with Gasteiger partial charge >= 0.3 is 0 Å². The molecule has 0 fully saturated rings. The highest BCUT2D eigenvalue weighted by Gasteiger charge is 2.16. The SMILES string of the molecule is CCN(Cc1ccc(C(=O)NNC(=O)C(C)Oc2cccc(Br)c2)cc1)C(C)C. The molecule has 156 valence electrons. The molecule has 29 heavy (non-hydrogen) atoms. The number of benzene rings is 2. The molecule has 2 N–H and O–H groups in total. The molecular formula is C22H28BrN3O3. The monoisotopic (exact) mass is 461 g/mol. The fourth-order valence-corrected chi connectivity index (χ4v) is 3.12. The van der Waals surface area contributed by atoms with Crippen LogP contribution in [0.3, 0.4) is 0 Å². The predicted octanol–water partition coefficient (Wildman–Crippen LogP) is 3.91. The van der Waals surface area contributed by atoms with Gasteiger partial charge in [-0.25, -0.2) is 0 Å². The maximum Gasteiger partial charge on any atom is 0.279 e. The molecule has 0 saturated heterocycles. The van der Waals surface area contributed by atoms with Gasteiger partial charge in [0.05, 0.1) is 0 Å². The fourth-order valence-electron chi connectivity index (χ4n) is 2.75. The summed E-state index contributed by atoms with van der Waals surface area (Å²) in [6, 6.07) is 15.0. The number of rotatable bonds is 8. The molecule has 0 heterocycles. The van der Waals surface area contributed by atoms with Crippen molar-refractivity contribution in [1.82, 2.24) is 15.8 Å². The third-order valence-electron chi connectivity index (χ3n) is 4.52. The maximum atomic E-state index is 12.3. The summed E-state index contributed by atoms with van der Waals surface area (Å²) in [5, 5.41) is 0. The normalized spacial score (nSPS) is 12.0. The lowest BCUT2D eigenvalue weighted by molar-refractivity contribution is -0.128.